The monoisotopic (exact) mass is 192 g/mol. The van der Waals surface area contributed by atoms with Gasteiger partial charge < -0.3 is 14.8 Å². The van der Waals surface area contributed by atoms with Crippen molar-refractivity contribution in [1.82, 2.24) is 4.98 Å². The lowest BCUT2D eigenvalue weighted by molar-refractivity contribution is 0.0697. The molecular weight excluding hydrogens is 184 g/mol. The molecule has 2 N–H and O–H groups in total. The Morgan fingerprint density at radius 3 is 3.00 bits per heavy atom. The largest absolute Gasteiger partial charge is 0.478 e. The lowest BCUT2D eigenvalue weighted by atomic mass is 10.2. The Hall–Kier alpha value is -2.04. The van der Waals surface area contributed by atoms with Gasteiger partial charge in [-0.25, -0.2) is 4.79 Å². The van der Waals surface area contributed by atoms with E-state index in [4.69, 9.17) is 9.52 Å². The first kappa shape index (κ1) is 8.55. The molecule has 0 amide bonds. The number of benzene rings is 1. The van der Waals surface area contributed by atoms with Crippen LogP contribution in [0.5, 0.6) is 0 Å². The summed E-state index contributed by atoms with van der Waals surface area (Å²) in [5.74, 6) is -0.977. The molecule has 0 unspecified atom stereocenters. The van der Waals surface area contributed by atoms with Crippen LogP contribution in [-0.4, -0.2) is 23.1 Å². The molecule has 0 saturated heterocycles. The summed E-state index contributed by atoms with van der Waals surface area (Å²) in [6, 6.07) is 4.93. The average molecular weight is 192 g/mol. The summed E-state index contributed by atoms with van der Waals surface area (Å²) < 4.78 is 5.22. The van der Waals surface area contributed by atoms with Gasteiger partial charge in [0.05, 0.1) is 5.56 Å². The van der Waals surface area contributed by atoms with Crippen LogP contribution in [-0.2, 0) is 0 Å². The van der Waals surface area contributed by atoms with Gasteiger partial charge in [0.25, 0.3) is 6.01 Å². The molecule has 0 aliphatic carbocycles. The van der Waals surface area contributed by atoms with Crippen LogP contribution >= 0.6 is 0 Å². The normalized spacial score (nSPS) is 10.4. The van der Waals surface area contributed by atoms with Gasteiger partial charge in [0.1, 0.15) is 5.52 Å². The molecule has 2 aromatic rings. The second-order valence-electron chi connectivity index (χ2n) is 2.76. The quantitative estimate of drug-likeness (QED) is 0.755. The number of carbonyl (C=O) groups is 1. The molecule has 72 valence electrons. The summed E-state index contributed by atoms with van der Waals surface area (Å²) in [4.78, 5) is 14.7. The number of anilines is 1. The minimum Gasteiger partial charge on any atom is -0.478 e. The maximum Gasteiger partial charge on any atom is 0.335 e. The molecule has 0 spiro atoms. The predicted molar refractivity (Wildman–Crippen MR) is 50.5 cm³/mol. The standard InChI is InChI=1S/C9H8N2O3/c1-10-9-11-6-3-2-5(8(12)13)4-7(6)14-9/h2-4H,1H3,(H,10,11)(H,12,13). The Balaban J connectivity index is 2.59. The van der Waals surface area contributed by atoms with Crippen molar-refractivity contribution in [2.45, 2.75) is 0 Å². The highest BCUT2D eigenvalue weighted by atomic mass is 16.4. The Morgan fingerprint density at radius 2 is 2.36 bits per heavy atom. The van der Waals surface area contributed by atoms with Gasteiger partial charge >= 0.3 is 5.97 Å². The summed E-state index contributed by atoms with van der Waals surface area (Å²) in [7, 11) is 1.68. The van der Waals surface area contributed by atoms with Crippen LogP contribution in [0.3, 0.4) is 0 Å². The van der Waals surface area contributed by atoms with E-state index in [0.29, 0.717) is 17.1 Å². The third kappa shape index (κ3) is 1.28. The predicted octanol–water partition coefficient (Wildman–Crippen LogP) is 1.57. The number of aromatic carboxylic acids is 1. The fraction of sp³-hybridized carbons (Fsp3) is 0.111. The lowest BCUT2D eigenvalue weighted by Gasteiger charge is -1.91. The van der Waals surface area contributed by atoms with Gasteiger partial charge in [-0.05, 0) is 18.2 Å². The number of hydrogen-bond acceptors (Lipinski definition) is 4. The summed E-state index contributed by atoms with van der Waals surface area (Å²) >= 11 is 0. The smallest absolute Gasteiger partial charge is 0.335 e. The number of carboxylic acids is 1. The number of carboxylic acid groups (broad SMARTS) is 1. The third-order valence-electron chi connectivity index (χ3n) is 1.85. The van der Waals surface area contributed by atoms with Crippen molar-refractivity contribution < 1.29 is 14.3 Å². The van der Waals surface area contributed by atoms with Crippen LogP contribution < -0.4 is 5.32 Å². The topological polar surface area (TPSA) is 75.4 Å². The fourth-order valence-corrected chi connectivity index (χ4v) is 1.16. The van der Waals surface area contributed by atoms with Crippen molar-refractivity contribution in [3.8, 4) is 0 Å². The van der Waals surface area contributed by atoms with Crippen LogP contribution in [0.15, 0.2) is 22.6 Å². The van der Waals surface area contributed by atoms with E-state index in [1.165, 1.54) is 12.1 Å². The van der Waals surface area contributed by atoms with E-state index in [0.717, 1.165) is 0 Å². The molecule has 0 aliphatic rings. The second-order valence-corrected chi connectivity index (χ2v) is 2.76. The minimum absolute atomic E-state index is 0.191. The Labute approximate surface area is 79.4 Å². The minimum atomic E-state index is -0.977. The molecule has 1 aromatic heterocycles. The molecule has 0 radical (unpaired) electrons. The van der Waals surface area contributed by atoms with Crippen LogP contribution in [0.1, 0.15) is 10.4 Å². The van der Waals surface area contributed by atoms with E-state index in [-0.39, 0.29) is 5.56 Å². The van der Waals surface area contributed by atoms with Gasteiger partial charge in [-0.2, -0.15) is 4.98 Å². The first-order chi connectivity index (χ1) is 6.70. The number of nitrogens with one attached hydrogen (secondary N) is 1. The van der Waals surface area contributed by atoms with Gasteiger partial charge in [0, 0.05) is 7.05 Å². The first-order valence-electron chi connectivity index (χ1n) is 4.02. The molecule has 1 aromatic carbocycles. The molecule has 0 atom stereocenters. The van der Waals surface area contributed by atoms with Crippen LogP contribution in [0.25, 0.3) is 11.1 Å². The van der Waals surface area contributed by atoms with E-state index < -0.39 is 5.97 Å². The number of hydrogen-bond donors (Lipinski definition) is 2. The van der Waals surface area contributed by atoms with E-state index >= 15 is 0 Å². The summed E-state index contributed by atoms with van der Waals surface area (Å²) in [6.45, 7) is 0. The highest BCUT2D eigenvalue weighted by Gasteiger charge is 2.08. The van der Waals surface area contributed by atoms with Gasteiger partial charge in [-0.1, -0.05) is 0 Å². The number of nitrogens with zero attached hydrogens (tertiary/aromatic N) is 1. The lowest BCUT2D eigenvalue weighted by Crippen LogP contribution is -1.94. The maximum absolute atomic E-state index is 10.6. The molecule has 5 heteroatoms. The molecule has 0 fully saturated rings. The van der Waals surface area contributed by atoms with Crippen LogP contribution in [0, 0.1) is 0 Å². The Kier molecular flexibility index (Phi) is 1.85. The highest BCUT2D eigenvalue weighted by molar-refractivity contribution is 5.91. The molecule has 5 nitrogen and oxygen atoms in total. The molecule has 0 bridgehead atoms. The van der Waals surface area contributed by atoms with E-state index in [2.05, 4.69) is 10.3 Å². The van der Waals surface area contributed by atoms with E-state index in [9.17, 15) is 4.79 Å². The Bertz CT molecular complexity index is 490. The summed E-state index contributed by atoms with van der Waals surface area (Å²) in [5, 5.41) is 11.5. The molecular formula is C9H8N2O3. The second kappa shape index (κ2) is 3.02. The molecule has 0 saturated carbocycles. The number of oxazole rings is 1. The highest BCUT2D eigenvalue weighted by Crippen LogP contribution is 2.19. The van der Waals surface area contributed by atoms with Gasteiger partial charge in [-0.15, -0.1) is 0 Å². The van der Waals surface area contributed by atoms with Crippen molar-refractivity contribution in [3.63, 3.8) is 0 Å². The Morgan fingerprint density at radius 1 is 1.57 bits per heavy atom. The SMILES string of the molecule is CNc1nc2ccc(C(=O)O)cc2o1. The van der Waals surface area contributed by atoms with Crippen LogP contribution in [0.2, 0.25) is 0 Å². The van der Waals surface area contributed by atoms with E-state index in [1.807, 2.05) is 0 Å². The number of aromatic nitrogens is 1. The van der Waals surface area contributed by atoms with Gasteiger partial charge in [0.2, 0.25) is 0 Å². The van der Waals surface area contributed by atoms with Crippen molar-refractivity contribution in [2.75, 3.05) is 12.4 Å². The molecule has 14 heavy (non-hydrogen) atoms. The van der Waals surface area contributed by atoms with E-state index in [1.54, 1.807) is 13.1 Å². The molecule has 2 rings (SSSR count). The number of rotatable bonds is 2. The van der Waals surface area contributed by atoms with Crippen molar-refractivity contribution in [2.24, 2.45) is 0 Å². The fourth-order valence-electron chi connectivity index (χ4n) is 1.16. The third-order valence-corrected chi connectivity index (χ3v) is 1.85. The molecule has 1 heterocycles. The van der Waals surface area contributed by atoms with Crippen molar-refractivity contribution in [1.29, 1.82) is 0 Å². The first-order valence-corrected chi connectivity index (χ1v) is 4.02. The van der Waals surface area contributed by atoms with Crippen molar-refractivity contribution >= 4 is 23.1 Å². The zero-order valence-electron chi connectivity index (χ0n) is 7.44. The zero-order valence-corrected chi connectivity index (χ0v) is 7.44. The number of fused-ring (bicyclic) bond motifs is 1. The summed E-state index contributed by atoms with van der Waals surface area (Å²) in [5.41, 5.74) is 1.30. The average Bonchev–Trinajstić information content (AvgIpc) is 2.58. The zero-order chi connectivity index (χ0) is 10.1. The van der Waals surface area contributed by atoms with Gasteiger partial charge in [-0.3, -0.25) is 0 Å². The van der Waals surface area contributed by atoms with Crippen LogP contribution in [0.4, 0.5) is 6.01 Å². The van der Waals surface area contributed by atoms with Gasteiger partial charge in [0.15, 0.2) is 5.58 Å². The molecule has 0 aliphatic heterocycles. The van der Waals surface area contributed by atoms with Crippen molar-refractivity contribution in [3.05, 3.63) is 23.8 Å². The maximum atomic E-state index is 10.6. The summed E-state index contributed by atoms with van der Waals surface area (Å²) in [6.07, 6.45) is 0.